The minimum atomic E-state index is 0.236. The van der Waals surface area contributed by atoms with Gasteiger partial charge in [0.05, 0.1) is 10.7 Å². The summed E-state index contributed by atoms with van der Waals surface area (Å²) < 4.78 is 0. The molecule has 0 amide bonds. The molecule has 1 N–H and O–H groups in total. The van der Waals surface area contributed by atoms with E-state index in [1.54, 1.807) is 0 Å². The van der Waals surface area contributed by atoms with Crippen LogP contribution in [0.25, 0.3) is 0 Å². The van der Waals surface area contributed by atoms with Gasteiger partial charge in [-0.15, -0.1) is 0 Å². The molecule has 19 heavy (non-hydrogen) atoms. The van der Waals surface area contributed by atoms with Crippen LogP contribution in [0.5, 0.6) is 0 Å². The summed E-state index contributed by atoms with van der Waals surface area (Å²) >= 11 is 6.27. The molecule has 0 bridgehead atoms. The molecular weight excluding hydrogens is 254 g/mol. The summed E-state index contributed by atoms with van der Waals surface area (Å²) in [4.78, 5) is 0. The molecule has 0 spiro atoms. The van der Waals surface area contributed by atoms with Gasteiger partial charge in [0, 0.05) is 6.04 Å². The first kappa shape index (κ1) is 14.0. The van der Waals surface area contributed by atoms with Gasteiger partial charge >= 0.3 is 0 Å². The predicted molar refractivity (Wildman–Crippen MR) is 84.1 cm³/mol. The van der Waals surface area contributed by atoms with Crippen LogP contribution in [0.4, 0.5) is 5.69 Å². The van der Waals surface area contributed by atoms with Crippen molar-refractivity contribution in [2.75, 3.05) is 5.32 Å². The van der Waals surface area contributed by atoms with Gasteiger partial charge in [-0.05, 0) is 56.5 Å². The van der Waals surface area contributed by atoms with E-state index in [2.05, 4.69) is 50.4 Å². The normalized spacial score (nSPS) is 12.3. The molecule has 0 aliphatic rings. The number of nitrogens with one attached hydrogen (secondary N) is 1. The molecule has 0 saturated carbocycles. The van der Waals surface area contributed by atoms with E-state index >= 15 is 0 Å². The fourth-order valence-corrected chi connectivity index (χ4v) is 2.56. The maximum atomic E-state index is 6.27. The van der Waals surface area contributed by atoms with Crippen molar-refractivity contribution in [1.82, 2.24) is 0 Å². The van der Waals surface area contributed by atoms with Crippen molar-refractivity contribution in [1.29, 1.82) is 0 Å². The lowest BCUT2D eigenvalue weighted by Gasteiger charge is -2.19. The van der Waals surface area contributed by atoms with Gasteiger partial charge < -0.3 is 5.32 Å². The average molecular weight is 274 g/mol. The first-order valence-corrected chi connectivity index (χ1v) is 6.95. The highest BCUT2D eigenvalue weighted by atomic mass is 35.5. The van der Waals surface area contributed by atoms with Crippen LogP contribution in [0, 0.1) is 20.8 Å². The van der Waals surface area contributed by atoms with Gasteiger partial charge in [0.25, 0.3) is 0 Å². The number of benzene rings is 2. The van der Waals surface area contributed by atoms with Crippen molar-refractivity contribution in [3.8, 4) is 0 Å². The Morgan fingerprint density at radius 2 is 1.58 bits per heavy atom. The largest absolute Gasteiger partial charge is 0.377 e. The molecule has 0 radical (unpaired) electrons. The summed E-state index contributed by atoms with van der Waals surface area (Å²) in [5.41, 5.74) is 6.06. The summed E-state index contributed by atoms with van der Waals surface area (Å²) in [7, 11) is 0. The van der Waals surface area contributed by atoms with Crippen molar-refractivity contribution < 1.29 is 0 Å². The Morgan fingerprint density at radius 3 is 2.26 bits per heavy atom. The van der Waals surface area contributed by atoms with Gasteiger partial charge in [-0.25, -0.2) is 0 Å². The van der Waals surface area contributed by atoms with Gasteiger partial charge in [0.15, 0.2) is 0 Å². The number of anilines is 1. The fourth-order valence-electron chi connectivity index (χ4n) is 2.27. The van der Waals surface area contributed by atoms with Crippen LogP contribution >= 0.6 is 11.6 Å². The van der Waals surface area contributed by atoms with Gasteiger partial charge in [0.2, 0.25) is 0 Å². The second-order valence-electron chi connectivity index (χ2n) is 5.21. The second-order valence-corrected chi connectivity index (χ2v) is 5.62. The third-order valence-corrected chi connectivity index (χ3v) is 3.71. The standard InChI is InChI=1S/C17H20ClN/c1-11-5-7-13(3)15(9-11)14(4)19-17-8-6-12(2)10-16(17)18/h5-10,14,19H,1-4H3. The zero-order valence-corrected chi connectivity index (χ0v) is 12.7. The van der Waals surface area contributed by atoms with Crippen molar-refractivity contribution in [3.05, 3.63) is 63.7 Å². The van der Waals surface area contributed by atoms with Crippen LogP contribution in [0.1, 0.15) is 35.2 Å². The lowest BCUT2D eigenvalue weighted by Crippen LogP contribution is -2.09. The molecule has 0 heterocycles. The molecule has 100 valence electrons. The molecule has 0 fully saturated rings. The molecule has 2 aromatic carbocycles. The Labute approximate surface area is 120 Å². The molecule has 0 aromatic heterocycles. The third-order valence-electron chi connectivity index (χ3n) is 3.40. The Balaban J connectivity index is 2.25. The average Bonchev–Trinajstić information content (AvgIpc) is 2.35. The molecular formula is C17H20ClN. The van der Waals surface area contributed by atoms with Crippen molar-refractivity contribution in [2.24, 2.45) is 0 Å². The molecule has 0 saturated heterocycles. The van der Waals surface area contributed by atoms with E-state index < -0.39 is 0 Å². The smallest absolute Gasteiger partial charge is 0.0640 e. The van der Waals surface area contributed by atoms with E-state index in [4.69, 9.17) is 11.6 Å². The van der Waals surface area contributed by atoms with Crippen molar-refractivity contribution in [3.63, 3.8) is 0 Å². The lowest BCUT2D eigenvalue weighted by molar-refractivity contribution is 0.872. The number of aryl methyl sites for hydroxylation is 3. The summed E-state index contributed by atoms with van der Waals surface area (Å²) in [5.74, 6) is 0. The highest BCUT2D eigenvalue weighted by Crippen LogP contribution is 2.28. The molecule has 1 atom stereocenters. The summed E-state index contributed by atoms with van der Waals surface area (Å²) in [6.45, 7) is 8.47. The maximum absolute atomic E-state index is 6.27. The molecule has 2 heteroatoms. The second kappa shape index (κ2) is 5.66. The maximum Gasteiger partial charge on any atom is 0.0640 e. The van der Waals surface area contributed by atoms with Crippen LogP contribution in [-0.2, 0) is 0 Å². The molecule has 0 aliphatic heterocycles. The van der Waals surface area contributed by atoms with Gasteiger partial charge in [-0.3, -0.25) is 0 Å². The van der Waals surface area contributed by atoms with Crippen molar-refractivity contribution >= 4 is 17.3 Å². The molecule has 1 nitrogen and oxygen atoms in total. The Bertz CT molecular complexity index is 590. The van der Waals surface area contributed by atoms with Crippen LogP contribution in [0.15, 0.2) is 36.4 Å². The minimum Gasteiger partial charge on any atom is -0.377 e. The van der Waals surface area contributed by atoms with E-state index in [1.807, 2.05) is 19.1 Å². The van der Waals surface area contributed by atoms with Gasteiger partial charge in [0.1, 0.15) is 0 Å². The molecule has 0 aliphatic carbocycles. The topological polar surface area (TPSA) is 12.0 Å². The van der Waals surface area contributed by atoms with Crippen LogP contribution in [0.3, 0.4) is 0 Å². The van der Waals surface area contributed by atoms with E-state index in [-0.39, 0.29) is 6.04 Å². The highest BCUT2D eigenvalue weighted by Gasteiger charge is 2.10. The lowest BCUT2D eigenvalue weighted by atomic mass is 10.00. The third kappa shape index (κ3) is 3.30. The SMILES string of the molecule is Cc1ccc(NC(C)c2cc(C)ccc2C)c(Cl)c1. The Morgan fingerprint density at radius 1 is 0.947 bits per heavy atom. The molecule has 1 unspecified atom stereocenters. The van der Waals surface area contributed by atoms with E-state index in [9.17, 15) is 0 Å². The van der Waals surface area contributed by atoms with Crippen LogP contribution in [0.2, 0.25) is 5.02 Å². The fraction of sp³-hybridized carbons (Fsp3) is 0.294. The highest BCUT2D eigenvalue weighted by molar-refractivity contribution is 6.33. The van der Waals surface area contributed by atoms with E-state index in [0.29, 0.717) is 0 Å². The molecule has 2 rings (SSSR count). The first-order chi connectivity index (χ1) is 8.97. The summed E-state index contributed by atoms with van der Waals surface area (Å²) in [5, 5.41) is 4.26. The quantitative estimate of drug-likeness (QED) is 0.785. The number of rotatable bonds is 3. The number of hydrogen-bond acceptors (Lipinski definition) is 1. The zero-order chi connectivity index (χ0) is 14.0. The zero-order valence-electron chi connectivity index (χ0n) is 11.9. The minimum absolute atomic E-state index is 0.236. The number of hydrogen-bond donors (Lipinski definition) is 1. The summed E-state index contributed by atoms with van der Waals surface area (Å²) in [6.07, 6.45) is 0. The van der Waals surface area contributed by atoms with Gasteiger partial charge in [-0.1, -0.05) is 41.4 Å². The van der Waals surface area contributed by atoms with Crippen LogP contribution < -0.4 is 5.32 Å². The first-order valence-electron chi connectivity index (χ1n) is 6.57. The predicted octanol–water partition coefficient (Wildman–Crippen LogP) is 5.44. The van der Waals surface area contributed by atoms with Gasteiger partial charge in [-0.2, -0.15) is 0 Å². The Kier molecular flexibility index (Phi) is 4.16. The molecule has 2 aromatic rings. The van der Waals surface area contributed by atoms with Crippen LogP contribution in [-0.4, -0.2) is 0 Å². The Hall–Kier alpha value is -1.47. The van der Waals surface area contributed by atoms with Crippen molar-refractivity contribution in [2.45, 2.75) is 33.7 Å². The van der Waals surface area contributed by atoms with E-state index in [0.717, 1.165) is 10.7 Å². The monoisotopic (exact) mass is 273 g/mol. The number of halogens is 1. The van der Waals surface area contributed by atoms with E-state index in [1.165, 1.54) is 22.3 Å². The summed E-state index contributed by atoms with van der Waals surface area (Å²) in [6, 6.07) is 12.9.